The molecule has 4 N–H and O–H groups in total. The lowest BCUT2D eigenvalue weighted by atomic mass is 9.95. The Labute approximate surface area is 170 Å². The van der Waals surface area contributed by atoms with E-state index in [0.717, 1.165) is 29.7 Å². The van der Waals surface area contributed by atoms with Crippen molar-refractivity contribution < 1.29 is 4.79 Å². The normalized spacial score (nSPS) is 17.3. The first-order chi connectivity index (χ1) is 14.0. The average molecular weight is 393 g/mol. The molecule has 0 spiro atoms. The molecule has 1 amide bonds. The van der Waals surface area contributed by atoms with Gasteiger partial charge in [0.1, 0.15) is 11.4 Å². The Hall–Kier alpha value is -3.09. The first kappa shape index (κ1) is 19.2. The number of H-pyrrole nitrogens is 1. The molecule has 1 aromatic heterocycles. The number of fused-ring (bicyclic) bond motifs is 1. The van der Waals surface area contributed by atoms with E-state index in [2.05, 4.69) is 15.3 Å². The van der Waals surface area contributed by atoms with Crippen molar-refractivity contribution in [2.45, 2.75) is 58.2 Å². The molecule has 2 aliphatic rings. The lowest BCUT2D eigenvalue weighted by molar-refractivity contribution is -0.129. The summed E-state index contributed by atoms with van der Waals surface area (Å²) in [5.41, 5.74) is 10.00. The zero-order chi connectivity index (χ0) is 20.4. The summed E-state index contributed by atoms with van der Waals surface area (Å²) in [5, 5.41) is 3.49. The van der Waals surface area contributed by atoms with Gasteiger partial charge in [-0.3, -0.25) is 9.59 Å². The van der Waals surface area contributed by atoms with E-state index in [9.17, 15) is 9.59 Å². The minimum absolute atomic E-state index is 0.0556. The summed E-state index contributed by atoms with van der Waals surface area (Å²) >= 11 is 0. The zero-order valence-corrected chi connectivity index (χ0v) is 16.7. The number of aromatic amines is 1. The Balaban J connectivity index is 1.61. The van der Waals surface area contributed by atoms with Crippen molar-refractivity contribution in [2.75, 3.05) is 5.32 Å². The molecule has 0 radical (unpaired) electrons. The van der Waals surface area contributed by atoms with E-state index in [4.69, 9.17) is 5.73 Å². The van der Waals surface area contributed by atoms with Crippen molar-refractivity contribution in [3.8, 4) is 0 Å². The van der Waals surface area contributed by atoms with E-state index < -0.39 is 0 Å². The molecule has 7 nitrogen and oxygen atoms in total. The number of carbonyl (C=O) groups is 1. The molecule has 1 aliphatic heterocycles. The second-order valence-corrected chi connectivity index (χ2v) is 7.90. The second kappa shape index (κ2) is 8.11. The molecule has 1 saturated carbocycles. The largest absolute Gasteiger partial charge is 0.383 e. The van der Waals surface area contributed by atoms with Crippen molar-refractivity contribution in [3.63, 3.8) is 0 Å². The molecule has 4 rings (SSSR count). The first-order valence-electron chi connectivity index (χ1n) is 10.2. The van der Waals surface area contributed by atoms with Gasteiger partial charge in [0, 0.05) is 32.3 Å². The summed E-state index contributed by atoms with van der Waals surface area (Å²) in [6, 6.07) is 7.99. The molecular weight excluding hydrogens is 366 g/mol. The first-order valence-corrected chi connectivity index (χ1v) is 10.2. The minimum atomic E-state index is -0.254. The Bertz CT molecular complexity index is 1000. The highest BCUT2D eigenvalue weighted by atomic mass is 16.2. The van der Waals surface area contributed by atoms with Gasteiger partial charge in [0.15, 0.2) is 0 Å². The van der Waals surface area contributed by atoms with E-state index in [0.29, 0.717) is 30.4 Å². The van der Waals surface area contributed by atoms with Gasteiger partial charge in [-0.1, -0.05) is 25.3 Å². The number of nitrogens with two attached hydrogens (primary N) is 1. The fourth-order valence-corrected chi connectivity index (χ4v) is 4.19. The van der Waals surface area contributed by atoms with Gasteiger partial charge in [-0.25, -0.2) is 4.99 Å². The summed E-state index contributed by atoms with van der Waals surface area (Å²) in [5.74, 6) is 0.242. The third-order valence-corrected chi connectivity index (χ3v) is 5.79. The standard InChI is InChI=1S/C22H27N5O2/c1-14(28)27-12-15-7-8-18(11-16(15)13-27)26-21(23)20-19(9-10-24-22(20)29)25-17-5-3-2-4-6-17/h7-11,17H,2-6,12-13H2,1H3,(H2,23,26)(H2,24,25,29). The topological polar surface area (TPSA) is 104 Å². The number of nitrogens with zero attached hydrogens (tertiary/aromatic N) is 2. The Morgan fingerprint density at radius 2 is 1.93 bits per heavy atom. The average Bonchev–Trinajstić information content (AvgIpc) is 3.12. The summed E-state index contributed by atoms with van der Waals surface area (Å²) < 4.78 is 0. The number of nitrogens with one attached hydrogen (secondary N) is 2. The number of rotatable bonds is 4. The maximum Gasteiger partial charge on any atom is 0.261 e. The number of hydrogen-bond acceptors (Lipinski definition) is 4. The number of aromatic nitrogens is 1. The van der Waals surface area contributed by atoms with Crippen molar-refractivity contribution in [1.82, 2.24) is 9.88 Å². The number of anilines is 1. The van der Waals surface area contributed by atoms with Crippen molar-refractivity contribution in [2.24, 2.45) is 10.7 Å². The van der Waals surface area contributed by atoms with E-state index in [1.54, 1.807) is 18.0 Å². The number of hydrogen-bond donors (Lipinski definition) is 3. The molecule has 1 aromatic carbocycles. The Morgan fingerprint density at radius 3 is 2.69 bits per heavy atom. The van der Waals surface area contributed by atoms with Gasteiger partial charge in [0.25, 0.3) is 5.56 Å². The molecule has 1 aliphatic carbocycles. The predicted molar refractivity (Wildman–Crippen MR) is 114 cm³/mol. The van der Waals surface area contributed by atoms with Gasteiger partial charge in [-0.05, 0) is 42.2 Å². The summed E-state index contributed by atoms with van der Waals surface area (Å²) in [6.07, 6.45) is 7.50. The number of amidine groups is 1. The van der Waals surface area contributed by atoms with Crippen LogP contribution in [0.5, 0.6) is 0 Å². The van der Waals surface area contributed by atoms with Crippen LogP contribution in [-0.4, -0.2) is 27.7 Å². The highest BCUT2D eigenvalue weighted by molar-refractivity contribution is 6.03. The summed E-state index contributed by atoms with van der Waals surface area (Å²) in [4.78, 5) is 33.2. The number of benzene rings is 1. The molecule has 2 heterocycles. The molecule has 1 fully saturated rings. The number of aliphatic imine (C=N–C) groups is 1. The number of pyridine rings is 1. The van der Waals surface area contributed by atoms with E-state index in [-0.39, 0.29) is 17.3 Å². The second-order valence-electron chi connectivity index (χ2n) is 7.90. The molecule has 0 saturated heterocycles. The zero-order valence-electron chi connectivity index (χ0n) is 16.7. The molecule has 2 aromatic rings. The molecular formula is C22H27N5O2. The van der Waals surface area contributed by atoms with Crippen LogP contribution in [0.25, 0.3) is 0 Å². The molecule has 0 unspecified atom stereocenters. The Kier molecular flexibility index (Phi) is 5.38. The van der Waals surface area contributed by atoms with Crippen LogP contribution in [0.15, 0.2) is 40.2 Å². The minimum Gasteiger partial charge on any atom is -0.383 e. The van der Waals surface area contributed by atoms with Gasteiger partial charge in [-0.15, -0.1) is 0 Å². The fraction of sp³-hybridized carbons (Fsp3) is 0.409. The third kappa shape index (κ3) is 4.18. The van der Waals surface area contributed by atoms with Crippen LogP contribution < -0.4 is 16.6 Å². The Morgan fingerprint density at radius 1 is 1.17 bits per heavy atom. The van der Waals surface area contributed by atoms with Crippen LogP contribution >= 0.6 is 0 Å². The molecule has 152 valence electrons. The van der Waals surface area contributed by atoms with Crippen LogP contribution in [0.3, 0.4) is 0 Å². The van der Waals surface area contributed by atoms with Crippen molar-refractivity contribution in [1.29, 1.82) is 0 Å². The van der Waals surface area contributed by atoms with Gasteiger partial charge in [0.2, 0.25) is 5.91 Å². The fourth-order valence-electron chi connectivity index (χ4n) is 4.19. The van der Waals surface area contributed by atoms with Gasteiger partial charge in [-0.2, -0.15) is 0 Å². The summed E-state index contributed by atoms with van der Waals surface area (Å²) in [7, 11) is 0. The third-order valence-electron chi connectivity index (χ3n) is 5.79. The van der Waals surface area contributed by atoms with Crippen molar-refractivity contribution in [3.05, 3.63) is 57.5 Å². The highest BCUT2D eigenvalue weighted by Gasteiger charge is 2.21. The quantitative estimate of drug-likeness (QED) is 0.549. The molecule has 0 bridgehead atoms. The monoisotopic (exact) mass is 393 g/mol. The predicted octanol–water partition coefficient (Wildman–Crippen LogP) is 3.02. The number of carbonyl (C=O) groups excluding carboxylic acids is 1. The maximum absolute atomic E-state index is 12.5. The van der Waals surface area contributed by atoms with Crippen LogP contribution in [0.4, 0.5) is 11.4 Å². The molecule has 0 atom stereocenters. The number of amides is 1. The van der Waals surface area contributed by atoms with Crippen LogP contribution in [-0.2, 0) is 17.9 Å². The van der Waals surface area contributed by atoms with Gasteiger partial charge in [0.05, 0.1) is 11.4 Å². The lowest BCUT2D eigenvalue weighted by Gasteiger charge is -2.24. The highest BCUT2D eigenvalue weighted by Crippen LogP contribution is 2.28. The van der Waals surface area contributed by atoms with E-state index >= 15 is 0 Å². The molecule has 29 heavy (non-hydrogen) atoms. The summed E-state index contributed by atoms with van der Waals surface area (Å²) in [6.45, 7) is 2.78. The van der Waals surface area contributed by atoms with Crippen LogP contribution in [0.1, 0.15) is 55.7 Å². The van der Waals surface area contributed by atoms with E-state index in [1.165, 1.54) is 19.3 Å². The smallest absolute Gasteiger partial charge is 0.261 e. The van der Waals surface area contributed by atoms with Crippen LogP contribution in [0.2, 0.25) is 0 Å². The maximum atomic E-state index is 12.5. The lowest BCUT2D eigenvalue weighted by Crippen LogP contribution is -2.29. The van der Waals surface area contributed by atoms with Crippen LogP contribution in [0, 0.1) is 0 Å². The van der Waals surface area contributed by atoms with Gasteiger partial charge >= 0.3 is 0 Å². The van der Waals surface area contributed by atoms with Gasteiger partial charge < -0.3 is 20.9 Å². The molecule has 7 heteroatoms. The van der Waals surface area contributed by atoms with Crippen molar-refractivity contribution >= 4 is 23.1 Å². The SMILES string of the molecule is CC(=O)N1Cc2ccc(N=C(N)c3c(NC4CCCCC4)cc[nH]c3=O)cc2C1. The van der Waals surface area contributed by atoms with E-state index in [1.807, 2.05) is 24.3 Å².